The number of hydrogen-bond donors (Lipinski definition) is 2. The predicted molar refractivity (Wildman–Crippen MR) is 128 cm³/mol. The number of halogens is 3. The Morgan fingerprint density at radius 3 is 2.45 bits per heavy atom. The summed E-state index contributed by atoms with van der Waals surface area (Å²) in [6, 6.07) is 4.88. The molecule has 5 rings (SSSR count). The first-order valence-electron chi connectivity index (χ1n) is 11.5. The fourth-order valence-corrected chi connectivity index (χ4v) is 4.54. The van der Waals surface area contributed by atoms with Gasteiger partial charge in [0.15, 0.2) is 34.8 Å². The molecule has 2 N–H and O–H groups in total. The number of nitrogens with zero attached hydrogens (tertiary/aromatic N) is 2. The number of ketones is 1. The molecule has 0 saturated carbocycles. The molecule has 3 heterocycles. The summed E-state index contributed by atoms with van der Waals surface area (Å²) in [6.45, 7) is 1.28. The number of nitrogens with one attached hydrogen (secondary N) is 2. The Kier molecular flexibility index (Phi) is 6.29. The van der Waals surface area contributed by atoms with E-state index in [1.807, 2.05) is 0 Å². The van der Waals surface area contributed by atoms with E-state index in [0.29, 0.717) is 28.6 Å². The van der Waals surface area contributed by atoms with E-state index in [9.17, 15) is 22.8 Å². The van der Waals surface area contributed by atoms with Crippen molar-refractivity contribution >= 4 is 23.2 Å². The summed E-state index contributed by atoms with van der Waals surface area (Å²) < 4.78 is 64.2. The van der Waals surface area contributed by atoms with Gasteiger partial charge in [0.05, 0.1) is 32.1 Å². The second-order valence-electron chi connectivity index (χ2n) is 8.72. The molecule has 0 saturated heterocycles. The zero-order valence-corrected chi connectivity index (χ0v) is 20.5. The highest BCUT2D eigenvalue weighted by atomic mass is 19.4. The molecule has 1 aromatic heterocycles. The highest BCUT2D eigenvalue weighted by Crippen LogP contribution is 2.45. The van der Waals surface area contributed by atoms with Gasteiger partial charge in [0.2, 0.25) is 6.79 Å². The van der Waals surface area contributed by atoms with Crippen molar-refractivity contribution in [1.29, 1.82) is 0 Å². The SMILES string of the molecule is COc1ccc(C2CC(C(F)(F)F)n3ncc(C(=O)Nc4cc5c(cc4C(C)=O)OCO5)c3N2)cc1OC. The van der Waals surface area contributed by atoms with Crippen molar-refractivity contribution < 1.29 is 41.7 Å². The van der Waals surface area contributed by atoms with Crippen LogP contribution in [0.15, 0.2) is 36.5 Å². The summed E-state index contributed by atoms with van der Waals surface area (Å²) in [6.07, 6.45) is -3.94. The monoisotopic (exact) mass is 532 g/mol. The normalized spacial score (nSPS) is 17.8. The van der Waals surface area contributed by atoms with Crippen LogP contribution in [-0.2, 0) is 0 Å². The Bertz CT molecular complexity index is 1420. The molecule has 200 valence electrons. The van der Waals surface area contributed by atoms with Crippen LogP contribution in [0, 0.1) is 0 Å². The molecule has 13 heteroatoms. The van der Waals surface area contributed by atoms with Crippen LogP contribution in [-0.4, -0.2) is 48.7 Å². The van der Waals surface area contributed by atoms with Gasteiger partial charge in [0.1, 0.15) is 11.4 Å². The molecule has 1 amide bonds. The quantitative estimate of drug-likeness (QED) is 0.438. The maximum absolute atomic E-state index is 14.1. The number of fused-ring (bicyclic) bond motifs is 2. The molecule has 3 aromatic rings. The van der Waals surface area contributed by atoms with Crippen LogP contribution in [0.5, 0.6) is 23.0 Å². The predicted octanol–water partition coefficient (Wildman–Crippen LogP) is 4.74. The average molecular weight is 532 g/mol. The second-order valence-corrected chi connectivity index (χ2v) is 8.72. The molecule has 2 aromatic carbocycles. The summed E-state index contributed by atoms with van der Waals surface area (Å²) in [5.74, 6) is 0.241. The first kappa shape index (κ1) is 25.2. The van der Waals surface area contributed by atoms with Crippen molar-refractivity contribution in [2.24, 2.45) is 0 Å². The Hall–Kier alpha value is -4.42. The lowest BCUT2D eigenvalue weighted by Crippen LogP contribution is -2.36. The number of Topliss-reactive ketones (excluding diaryl/α,β-unsaturated/α-hetero) is 1. The lowest BCUT2D eigenvalue weighted by Gasteiger charge is -2.34. The molecule has 2 unspecified atom stereocenters. The highest BCUT2D eigenvalue weighted by Gasteiger charge is 2.47. The van der Waals surface area contributed by atoms with Crippen LogP contribution in [0.1, 0.15) is 51.7 Å². The maximum Gasteiger partial charge on any atom is 0.410 e. The van der Waals surface area contributed by atoms with E-state index < -0.39 is 24.2 Å². The van der Waals surface area contributed by atoms with Crippen molar-refractivity contribution in [3.05, 3.63) is 53.2 Å². The summed E-state index contributed by atoms with van der Waals surface area (Å²) >= 11 is 0. The summed E-state index contributed by atoms with van der Waals surface area (Å²) in [7, 11) is 2.88. The van der Waals surface area contributed by atoms with Gasteiger partial charge in [0.25, 0.3) is 5.91 Å². The topological polar surface area (TPSA) is 113 Å². The first-order chi connectivity index (χ1) is 18.1. The summed E-state index contributed by atoms with van der Waals surface area (Å²) in [4.78, 5) is 25.5. The van der Waals surface area contributed by atoms with Gasteiger partial charge in [-0.15, -0.1) is 0 Å². The number of hydrogen-bond acceptors (Lipinski definition) is 8. The zero-order chi connectivity index (χ0) is 27.2. The van der Waals surface area contributed by atoms with Gasteiger partial charge in [-0.05, 0) is 30.7 Å². The minimum absolute atomic E-state index is 0.0404. The number of alkyl halides is 3. The molecule has 2 atom stereocenters. The van der Waals surface area contributed by atoms with Crippen LogP contribution in [0.3, 0.4) is 0 Å². The standard InChI is InChI=1S/C25H23F3N4O6/c1-12(33)14-7-20-21(38-11-37-20)8-17(14)31-24(34)15-10-29-32-22(25(26,27)28)9-16(30-23(15)32)13-4-5-18(35-2)19(6-13)36-3/h4-8,10,16,22,30H,9,11H2,1-3H3,(H,31,34). The molecule has 0 bridgehead atoms. The van der Waals surface area contributed by atoms with Crippen molar-refractivity contribution in [2.75, 3.05) is 31.6 Å². The Morgan fingerprint density at radius 2 is 1.79 bits per heavy atom. The van der Waals surface area contributed by atoms with E-state index >= 15 is 0 Å². The van der Waals surface area contributed by atoms with Gasteiger partial charge in [0, 0.05) is 18.1 Å². The number of amides is 1. The van der Waals surface area contributed by atoms with Gasteiger partial charge in [-0.1, -0.05) is 6.07 Å². The van der Waals surface area contributed by atoms with E-state index in [0.717, 1.165) is 10.9 Å². The second kappa shape index (κ2) is 9.47. The fourth-order valence-electron chi connectivity index (χ4n) is 4.54. The number of anilines is 2. The number of carbonyl (C=O) groups excluding carboxylic acids is 2. The van der Waals surface area contributed by atoms with Crippen molar-refractivity contribution in [3.8, 4) is 23.0 Å². The molecular weight excluding hydrogens is 509 g/mol. The van der Waals surface area contributed by atoms with Crippen LogP contribution >= 0.6 is 0 Å². The molecule has 0 spiro atoms. The number of carbonyl (C=O) groups is 2. The third kappa shape index (κ3) is 4.44. The minimum atomic E-state index is -4.63. The van der Waals surface area contributed by atoms with E-state index in [1.165, 1.54) is 33.3 Å². The lowest BCUT2D eigenvalue weighted by molar-refractivity contribution is -0.173. The molecule has 10 nitrogen and oxygen atoms in total. The summed E-state index contributed by atoms with van der Waals surface area (Å²) in [5, 5.41) is 9.53. The molecule has 38 heavy (non-hydrogen) atoms. The average Bonchev–Trinajstić information content (AvgIpc) is 3.53. The molecule has 2 aliphatic heterocycles. The van der Waals surface area contributed by atoms with Crippen LogP contribution in [0.2, 0.25) is 0 Å². The summed E-state index contributed by atoms with van der Waals surface area (Å²) in [5.41, 5.74) is 0.668. The largest absolute Gasteiger partial charge is 0.493 e. The number of methoxy groups -OCH3 is 2. The third-order valence-corrected chi connectivity index (χ3v) is 6.43. The number of benzene rings is 2. The minimum Gasteiger partial charge on any atom is -0.493 e. The molecule has 2 aliphatic rings. The van der Waals surface area contributed by atoms with E-state index in [4.69, 9.17) is 18.9 Å². The molecular formula is C25H23F3N4O6. The van der Waals surface area contributed by atoms with E-state index in [-0.39, 0.29) is 41.6 Å². The first-order valence-corrected chi connectivity index (χ1v) is 11.5. The Labute approximate surface area is 214 Å². The lowest BCUT2D eigenvalue weighted by atomic mass is 9.96. The van der Waals surface area contributed by atoms with E-state index in [1.54, 1.807) is 18.2 Å². The van der Waals surface area contributed by atoms with Gasteiger partial charge in [-0.3, -0.25) is 9.59 Å². The van der Waals surface area contributed by atoms with E-state index in [2.05, 4.69) is 15.7 Å². The number of aromatic nitrogens is 2. The highest BCUT2D eigenvalue weighted by molar-refractivity contribution is 6.11. The smallest absolute Gasteiger partial charge is 0.410 e. The van der Waals surface area contributed by atoms with Gasteiger partial charge in [-0.2, -0.15) is 18.3 Å². The fraction of sp³-hybridized carbons (Fsp3) is 0.320. The van der Waals surface area contributed by atoms with Crippen LogP contribution in [0.4, 0.5) is 24.7 Å². The molecule has 0 radical (unpaired) electrons. The van der Waals surface area contributed by atoms with Crippen LogP contribution < -0.4 is 29.6 Å². The van der Waals surface area contributed by atoms with Gasteiger partial charge in [-0.25, -0.2) is 4.68 Å². The van der Waals surface area contributed by atoms with Gasteiger partial charge >= 0.3 is 6.18 Å². The van der Waals surface area contributed by atoms with Gasteiger partial charge < -0.3 is 29.6 Å². The van der Waals surface area contributed by atoms with Crippen LogP contribution in [0.25, 0.3) is 0 Å². The van der Waals surface area contributed by atoms with Crippen molar-refractivity contribution in [1.82, 2.24) is 9.78 Å². The number of ether oxygens (including phenoxy) is 4. The maximum atomic E-state index is 14.1. The zero-order valence-electron chi connectivity index (χ0n) is 20.5. The Balaban J connectivity index is 1.51. The molecule has 0 aliphatic carbocycles. The third-order valence-electron chi connectivity index (χ3n) is 6.43. The molecule has 0 fully saturated rings. The van der Waals surface area contributed by atoms with Crippen molar-refractivity contribution in [3.63, 3.8) is 0 Å². The van der Waals surface area contributed by atoms with Crippen molar-refractivity contribution in [2.45, 2.75) is 31.6 Å². The number of rotatable bonds is 6. The Morgan fingerprint density at radius 1 is 1.08 bits per heavy atom.